The lowest BCUT2D eigenvalue weighted by molar-refractivity contribution is -0.134. The number of aryl methyl sites for hydroxylation is 1. The molecular formula is C20H25N5O2S. The van der Waals surface area contributed by atoms with Gasteiger partial charge in [0.25, 0.3) is 5.97 Å². The molecule has 0 radical (unpaired) electrons. The summed E-state index contributed by atoms with van der Waals surface area (Å²) < 4.78 is 4.58. The minimum atomic E-state index is -0.833. The monoisotopic (exact) mass is 399 g/mol. The second kappa shape index (κ2) is 7.87. The van der Waals surface area contributed by atoms with Gasteiger partial charge in [0.1, 0.15) is 5.69 Å². The summed E-state index contributed by atoms with van der Waals surface area (Å²) in [7, 11) is 0. The lowest BCUT2D eigenvalue weighted by Crippen LogP contribution is -2.16. The molecule has 1 aliphatic heterocycles. The van der Waals surface area contributed by atoms with E-state index in [1.807, 2.05) is 0 Å². The molecule has 4 heterocycles. The Morgan fingerprint density at radius 3 is 2.64 bits per heavy atom. The van der Waals surface area contributed by atoms with E-state index < -0.39 is 5.97 Å². The van der Waals surface area contributed by atoms with Crippen LogP contribution in [0, 0.1) is 0 Å². The molecule has 0 saturated heterocycles. The van der Waals surface area contributed by atoms with Gasteiger partial charge in [-0.2, -0.15) is 5.10 Å². The zero-order valence-electron chi connectivity index (χ0n) is 16.3. The van der Waals surface area contributed by atoms with Gasteiger partial charge in [-0.1, -0.05) is 25.8 Å². The lowest BCUT2D eigenvalue weighted by Gasteiger charge is -2.20. The zero-order chi connectivity index (χ0) is 19.7. The Hall–Kier alpha value is -2.48. The topological polar surface area (TPSA) is 85.8 Å². The first-order chi connectivity index (χ1) is 13.6. The van der Waals surface area contributed by atoms with Crippen LogP contribution in [0.3, 0.4) is 0 Å². The van der Waals surface area contributed by atoms with Gasteiger partial charge in [-0.3, -0.25) is 9.48 Å². The average Bonchev–Trinajstić information content (AvgIpc) is 3.45. The maximum absolute atomic E-state index is 9.00. The number of carbonyl (C=O) groups is 1. The number of fused-ring (bicyclic) bond motifs is 3. The molecular weight excluding hydrogens is 374 g/mol. The highest BCUT2D eigenvalue weighted by atomic mass is 32.1. The van der Waals surface area contributed by atoms with E-state index in [1.165, 1.54) is 47.5 Å². The van der Waals surface area contributed by atoms with E-state index in [0.717, 1.165) is 38.0 Å². The molecule has 1 saturated carbocycles. The standard InChI is InChI=1S/C18H21N5S.C2H4O2/c1-2-14-13-9-10-22-17(15-8-5-11-24-15)19-20-18(22)16(13)23(21-14)12-6-3-4-7-12;1-2(3)4/h5,8,11-12H,2-4,6-7,9-10H2,1H3;1H3,(H,3,4). The molecule has 2 aliphatic rings. The summed E-state index contributed by atoms with van der Waals surface area (Å²) in [4.78, 5) is 10.2. The van der Waals surface area contributed by atoms with Crippen LogP contribution in [0.1, 0.15) is 56.8 Å². The first kappa shape index (κ1) is 18.9. The smallest absolute Gasteiger partial charge is 0.300 e. The van der Waals surface area contributed by atoms with Gasteiger partial charge in [-0.15, -0.1) is 21.5 Å². The quantitative estimate of drug-likeness (QED) is 0.713. The molecule has 0 amide bonds. The third-order valence-electron chi connectivity index (χ3n) is 5.39. The van der Waals surface area contributed by atoms with E-state index in [0.29, 0.717) is 6.04 Å². The van der Waals surface area contributed by atoms with E-state index in [4.69, 9.17) is 15.0 Å². The minimum Gasteiger partial charge on any atom is -0.481 e. The number of rotatable bonds is 3. The molecule has 3 aromatic rings. The van der Waals surface area contributed by atoms with Gasteiger partial charge in [0, 0.05) is 19.0 Å². The minimum absolute atomic E-state index is 0.535. The zero-order valence-corrected chi connectivity index (χ0v) is 17.1. The number of hydrogen-bond acceptors (Lipinski definition) is 5. The van der Waals surface area contributed by atoms with Gasteiger partial charge in [-0.25, -0.2) is 0 Å². The number of aromatic nitrogens is 5. The second-order valence-electron chi connectivity index (χ2n) is 7.26. The summed E-state index contributed by atoms with van der Waals surface area (Å²) in [5.74, 6) is 1.18. The van der Waals surface area contributed by atoms with Crippen molar-refractivity contribution in [3.05, 3.63) is 28.8 Å². The van der Waals surface area contributed by atoms with Gasteiger partial charge in [-0.05, 0) is 37.1 Å². The number of carboxylic acid groups (broad SMARTS) is 1. The van der Waals surface area contributed by atoms with Crippen LogP contribution in [0.5, 0.6) is 0 Å². The SMILES string of the molecule is CC(=O)O.CCc1nn(C2CCCC2)c2c1CCn1c(-c3cccs3)nnc1-2. The normalized spacial score (nSPS) is 15.6. The molecule has 148 valence electrons. The van der Waals surface area contributed by atoms with Crippen molar-refractivity contribution in [2.75, 3.05) is 0 Å². The van der Waals surface area contributed by atoms with Crippen molar-refractivity contribution in [2.24, 2.45) is 0 Å². The maximum atomic E-state index is 9.00. The number of hydrogen-bond donors (Lipinski definition) is 1. The van der Waals surface area contributed by atoms with Crippen LogP contribution < -0.4 is 0 Å². The van der Waals surface area contributed by atoms with Crippen LogP contribution >= 0.6 is 11.3 Å². The molecule has 0 spiro atoms. The maximum Gasteiger partial charge on any atom is 0.300 e. The van der Waals surface area contributed by atoms with Gasteiger partial charge >= 0.3 is 0 Å². The fourth-order valence-electron chi connectivity index (χ4n) is 4.21. The van der Waals surface area contributed by atoms with Gasteiger partial charge in [0.2, 0.25) is 0 Å². The molecule has 1 aliphatic carbocycles. The predicted octanol–water partition coefficient (Wildman–Crippen LogP) is 4.19. The Balaban J connectivity index is 0.000000442. The van der Waals surface area contributed by atoms with Crippen LogP contribution in [-0.4, -0.2) is 35.6 Å². The van der Waals surface area contributed by atoms with Crippen LogP contribution in [0.4, 0.5) is 0 Å². The van der Waals surface area contributed by atoms with Crippen LogP contribution in [0.25, 0.3) is 22.2 Å². The molecule has 8 heteroatoms. The highest BCUT2D eigenvalue weighted by Crippen LogP contribution is 2.39. The highest BCUT2D eigenvalue weighted by Gasteiger charge is 2.32. The van der Waals surface area contributed by atoms with Crippen molar-refractivity contribution < 1.29 is 9.90 Å². The number of carboxylic acids is 1. The summed E-state index contributed by atoms with van der Waals surface area (Å²) in [6.07, 6.45) is 7.14. The van der Waals surface area contributed by atoms with Crippen LogP contribution in [-0.2, 0) is 24.2 Å². The number of aliphatic carboxylic acids is 1. The summed E-state index contributed by atoms with van der Waals surface area (Å²) in [5, 5.41) is 23.6. The van der Waals surface area contributed by atoms with Crippen molar-refractivity contribution in [3.63, 3.8) is 0 Å². The van der Waals surface area contributed by atoms with Crippen LogP contribution in [0.2, 0.25) is 0 Å². The summed E-state index contributed by atoms with van der Waals surface area (Å²) in [6, 6.07) is 4.74. The molecule has 5 rings (SSSR count). The van der Waals surface area contributed by atoms with Crippen molar-refractivity contribution in [2.45, 2.75) is 65.0 Å². The molecule has 1 N–H and O–H groups in total. The molecule has 1 fully saturated rings. The van der Waals surface area contributed by atoms with Crippen molar-refractivity contribution >= 4 is 17.3 Å². The van der Waals surface area contributed by atoms with E-state index in [2.05, 4.69) is 43.9 Å². The fraction of sp³-hybridized carbons (Fsp3) is 0.500. The first-order valence-electron chi connectivity index (χ1n) is 9.87. The Morgan fingerprint density at radius 2 is 2.00 bits per heavy atom. The van der Waals surface area contributed by atoms with E-state index in [1.54, 1.807) is 11.3 Å². The van der Waals surface area contributed by atoms with E-state index >= 15 is 0 Å². The highest BCUT2D eigenvalue weighted by molar-refractivity contribution is 7.13. The van der Waals surface area contributed by atoms with Crippen molar-refractivity contribution in [3.8, 4) is 22.2 Å². The molecule has 0 unspecified atom stereocenters. The summed E-state index contributed by atoms with van der Waals surface area (Å²) in [6.45, 7) is 4.24. The third-order valence-corrected chi connectivity index (χ3v) is 6.25. The van der Waals surface area contributed by atoms with Gasteiger partial charge < -0.3 is 9.67 Å². The number of thiophene rings is 1. The Morgan fingerprint density at radius 1 is 1.29 bits per heavy atom. The summed E-state index contributed by atoms with van der Waals surface area (Å²) >= 11 is 1.73. The fourth-order valence-corrected chi connectivity index (χ4v) is 4.93. The van der Waals surface area contributed by atoms with E-state index in [9.17, 15) is 0 Å². The second-order valence-corrected chi connectivity index (χ2v) is 8.20. The molecule has 0 atom stereocenters. The summed E-state index contributed by atoms with van der Waals surface area (Å²) in [5.41, 5.74) is 3.89. The Labute approximate surface area is 168 Å². The molecule has 3 aromatic heterocycles. The van der Waals surface area contributed by atoms with E-state index in [-0.39, 0.29) is 0 Å². The molecule has 0 bridgehead atoms. The Kier molecular flexibility index (Phi) is 5.30. The van der Waals surface area contributed by atoms with Crippen LogP contribution in [0.15, 0.2) is 17.5 Å². The first-order valence-corrected chi connectivity index (χ1v) is 10.7. The molecule has 7 nitrogen and oxygen atoms in total. The van der Waals surface area contributed by atoms with Crippen molar-refractivity contribution in [1.29, 1.82) is 0 Å². The Bertz CT molecular complexity index is 963. The predicted molar refractivity (Wildman–Crippen MR) is 108 cm³/mol. The lowest BCUT2D eigenvalue weighted by atomic mass is 10.0. The van der Waals surface area contributed by atoms with Gasteiger partial charge in [0.15, 0.2) is 11.6 Å². The third kappa shape index (κ3) is 3.37. The average molecular weight is 400 g/mol. The largest absolute Gasteiger partial charge is 0.481 e. The van der Waals surface area contributed by atoms with Gasteiger partial charge in [0.05, 0.1) is 16.6 Å². The number of nitrogens with zero attached hydrogens (tertiary/aromatic N) is 5. The van der Waals surface area contributed by atoms with Crippen molar-refractivity contribution in [1.82, 2.24) is 24.5 Å². The molecule has 28 heavy (non-hydrogen) atoms. The molecule has 0 aromatic carbocycles.